The number of pyridine rings is 1. The summed E-state index contributed by atoms with van der Waals surface area (Å²) in [5.41, 5.74) is -0.125. The molecule has 8 heteroatoms. The highest BCUT2D eigenvalue weighted by atomic mass is 79.9. The topological polar surface area (TPSA) is 51.2 Å². The lowest BCUT2D eigenvalue weighted by atomic mass is 10.2. The molecule has 1 aromatic heterocycles. The zero-order valence-electron chi connectivity index (χ0n) is 11.0. The van der Waals surface area contributed by atoms with Crippen LogP contribution in [0.3, 0.4) is 0 Å². The third-order valence-electron chi connectivity index (χ3n) is 2.60. The molecule has 22 heavy (non-hydrogen) atoms. The maximum Gasteiger partial charge on any atom is 0.417 e. The average molecular weight is 375 g/mol. The average Bonchev–Trinajstić information content (AvgIpc) is 2.47. The number of nitrogens with zero attached hydrogens (tertiary/aromatic N) is 1. The predicted octanol–water partition coefficient (Wildman–Crippen LogP) is 4.61. The van der Waals surface area contributed by atoms with E-state index in [2.05, 4.69) is 26.2 Å². The number of hydrogen-bond donors (Lipinski definition) is 1. The van der Waals surface area contributed by atoms with Crippen molar-refractivity contribution in [1.82, 2.24) is 4.98 Å². The molecule has 2 rings (SSSR count). The SMILES string of the molecule is O=C(Nc1ncc(C(F)(F)F)cc1Br)OCc1ccccc1. The Morgan fingerprint density at radius 3 is 2.55 bits per heavy atom. The fourth-order valence-corrected chi connectivity index (χ4v) is 1.99. The smallest absolute Gasteiger partial charge is 0.417 e. The van der Waals surface area contributed by atoms with E-state index in [-0.39, 0.29) is 16.9 Å². The third-order valence-corrected chi connectivity index (χ3v) is 3.21. The summed E-state index contributed by atoms with van der Waals surface area (Å²) in [6.45, 7) is 0.0466. The molecule has 2 aromatic rings. The van der Waals surface area contributed by atoms with Crippen LogP contribution in [-0.4, -0.2) is 11.1 Å². The second kappa shape index (κ2) is 6.78. The van der Waals surface area contributed by atoms with E-state index in [4.69, 9.17) is 4.74 Å². The van der Waals surface area contributed by atoms with Gasteiger partial charge in [0.1, 0.15) is 12.4 Å². The van der Waals surface area contributed by atoms with Crippen molar-refractivity contribution in [2.24, 2.45) is 0 Å². The minimum absolute atomic E-state index is 0.0130. The molecule has 116 valence electrons. The highest BCUT2D eigenvalue weighted by molar-refractivity contribution is 9.10. The van der Waals surface area contributed by atoms with Crippen LogP contribution < -0.4 is 5.32 Å². The Labute approximate surface area is 132 Å². The molecular weight excluding hydrogens is 365 g/mol. The first-order valence-corrected chi connectivity index (χ1v) is 6.86. The fraction of sp³-hybridized carbons (Fsp3) is 0.143. The fourth-order valence-electron chi connectivity index (χ4n) is 1.54. The largest absolute Gasteiger partial charge is 0.444 e. The first-order chi connectivity index (χ1) is 10.4. The Morgan fingerprint density at radius 2 is 1.95 bits per heavy atom. The Bertz CT molecular complexity index is 663. The van der Waals surface area contributed by atoms with Crippen LogP contribution in [0, 0.1) is 0 Å². The van der Waals surface area contributed by atoms with Crippen molar-refractivity contribution < 1.29 is 22.7 Å². The zero-order valence-corrected chi connectivity index (χ0v) is 12.6. The molecule has 0 aliphatic carbocycles. The van der Waals surface area contributed by atoms with Gasteiger partial charge in [0.05, 0.1) is 10.0 Å². The van der Waals surface area contributed by atoms with E-state index in [0.717, 1.165) is 11.6 Å². The number of amides is 1. The number of alkyl halides is 3. The summed E-state index contributed by atoms with van der Waals surface area (Å²) in [5, 5.41) is 2.27. The Hall–Kier alpha value is -2.09. The molecule has 1 aromatic carbocycles. The molecule has 0 bridgehead atoms. The predicted molar refractivity (Wildman–Crippen MR) is 77.2 cm³/mol. The summed E-state index contributed by atoms with van der Waals surface area (Å²) in [6, 6.07) is 9.81. The molecule has 0 radical (unpaired) electrons. The van der Waals surface area contributed by atoms with Crippen LogP contribution in [0.25, 0.3) is 0 Å². The van der Waals surface area contributed by atoms with E-state index in [1.807, 2.05) is 6.07 Å². The van der Waals surface area contributed by atoms with Gasteiger partial charge in [-0.2, -0.15) is 13.2 Å². The second-order valence-electron chi connectivity index (χ2n) is 4.24. The van der Waals surface area contributed by atoms with Crippen molar-refractivity contribution in [2.75, 3.05) is 5.32 Å². The van der Waals surface area contributed by atoms with Gasteiger partial charge in [0.2, 0.25) is 0 Å². The molecule has 0 atom stereocenters. The molecule has 0 aliphatic rings. The lowest BCUT2D eigenvalue weighted by Gasteiger charge is -2.10. The highest BCUT2D eigenvalue weighted by Gasteiger charge is 2.31. The van der Waals surface area contributed by atoms with Gasteiger partial charge in [0.15, 0.2) is 0 Å². The normalized spacial score (nSPS) is 11.1. The monoisotopic (exact) mass is 374 g/mol. The van der Waals surface area contributed by atoms with Crippen molar-refractivity contribution in [3.63, 3.8) is 0 Å². The highest BCUT2D eigenvalue weighted by Crippen LogP contribution is 2.32. The lowest BCUT2D eigenvalue weighted by Crippen LogP contribution is -2.15. The summed E-state index contributed by atoms with van der Waals surface area (Å²) >= 11 is 2.93. The van der Waals surface area contributed by atoms with Gasteiger partial charge >= 0.3 is 12.3 Å². The number of aromatic nitrogens is 1. The third kappa shape index (κ3) is 4.45. The summed E-state index contributed by atoms with van der Waals surface area (Å²) in [7, 11) is 0. The Kier molecular flexibility index (Phi) is 5.02. The van der Waals surface area contributed by atoms with E-state index in [0.29, 0.717) is 6.20 Å². The summed E-state index contributed by atoms with van der Waals surface area (Å²) in [5.74, 6) is -0.0499. The number of benzene rings is 1. The molecule has 0 unspecified atom stereocenters. The number of halogens is 4. The molecule has 4 nitrogen and oxygen atoms in total. The quantitative estimate of drug-likeness (QED) is 0.853. The molecular formula is C14H10BrF3N2O2. The summed E-state index contributed by atoms with van der Waals surface area (Å²) < 4.78 is 42.5. The Balaban J connectivity index is 1.97. The van der Waals surface area contributed by atoms with E-state index >= 15 is 0 Å². The van der Waals surface area contributed by atoms with Crippen LogP contribution >= 0.6 is 15.9 Å². The van der Waals surface area contributed by atoms with Crippen LogP contribution in [0.4, 0.5) is 23.8 Å². The van der Waals surface area contributed by atoms with Gasteiger partial charge in [-0.1, -0.05) is 30.3 Å². The standard InChI is InChI=1S/C14H10BrF3N2O2/c15-11-6-10(14(16,17)18)7-19-12(11)20-13(21)22-8-9-4-2-1-3-5-9/h1-7H,8H2,(H,19,20,21). The van der Waals surface area contributed by atoms with Gasteiger partial charge in [-0.05, 0) is 27.6 Å². The van der Waals surface area contributed by atoms with Crippen molar-refractivity contribution in [3.05, 3.63) is 58.2 Å². The second-order valence-corrected chi connectivity index (χ2v) is 5.09. The molecule has 0 spiro atoms. The molecule has 1 N–H and O–H groups in total. The summed E-state index contributed by atoms with van der Waals surface area (Å²) in [6.07, 6.45) is -4.67. The van der Waals surface area contributed by atoms with Gasteiger partial charge in [-0.25, -0.2) is 9.78 Å². The number of rotatable bonds is 3. The van der Waals surface area contributed by atoms with E-state index in [9.17, 15) is 18.0 Å². The number of hydrogen-bond acceptors (Lipinski definition) is 3. The minimum Gasteiger partial charge on any atom is -0.444 e. The van der Waals surface area contributed by atoms with Gasteiger partial charge in [0.25, 0.3) is 0 Å². The maximum atomic E-state index is 12.5. The number of nitrogens with one attached hydrogen (secondary N) is 1. The van der Waals surface area contributed by atoms with Crippen LogP contribution in [0.2, 0.25) is 0 Å². The van der Waals surface area contributed by atoms with Gasteiger partial charge in [0, 0.05) is 6.20 Å². The van der Waals surface area contributed by atoms with Crippen LogP contribution in [0.5, 0.6) is 0 Å². The molecule has 0 saturated heterocycles. The van der Waals surface area contributed by atoms with Crippen molar-refractivity contribution in [1.29, 1.82) is 0 Å². The number of carbonyl (C=O) groups excluding carboxylic acids is 1. The maximum absolute atomic E-state index is 12.5. The van der Waals surface area contributed by atoms with Gasteiger partial charge in [-0.15, -0.1) is 0 Å². The molecule has 0 aliphatic heterocycles. The molecule has 0 fully saturated rings. The summed E-state index contributed by atoms with van der Waals surface area (Å²) in [4.78, 5) is 15.2. The number of carbonyl (C=O) groups is 1. The zero-order chi connectivity index (χ0) is 16.2. The first kappa shape index (κ1) is 16.3. The van der Waals surface area contributed by atoms with E-state index in [1.165, 1.54) is 0 Å². The number of anilines is 1. The van der Waals surface area contributed by atoms with Crippen LogP contribution in [0.15, 0.2) is 47.1 Å². The van der Waals surface area contributed by atoms with Gasteiger partial charge in [-0.3, -0.25) is 5.32 Å². The van der Waals surface area contributed by atoms with Crippen LogP contribution in [0.1, 0.15) is 11.1 Å². The van der Waals surface area contributed by atoms with Crippen LogP contribution in [-0.2, 0) is 17.5 Å². The lowest BCUT2D eigenvalue weighted by molar-refractivity contribution is -0.137. The molecule has 1 heterocycles. The van der Waals surface area contributed by atoms with Crippen molar-refractivity contribution in [2.45, 2.75) is 12.8 Å². The van der Waals surface area contributed by atoms with E-state index in [1.54, 1.807) is 24.3 Å². The van der Waals surface area contributed by atoms with E-state index < -0.39 is 17.8 Å². The Morgan fingerprint density at radius 1 is 1.27 bits per heavy atom. The van der Waals surface area contributed by atoms with Crippen molar-refractivity contribution >= 4 is 27.8 Å². The first-order valence-electron chi connectivity index (χ1n) is 6.06. The molecule has 1 amide bonds. The van der Waals surface area contributed by atoms with Gasteiger partial charge < -0.3 is 4.74 Å². The molecule has 0 saturated carbocycles. The minimum atomic E-state index is -4.50. The van der Waals surface area contributed by atoms with Crippen molar-refractivity contribution in [3.8, 4) is 0 Å². The number of ether oxygens (including phenoxy) is 1.